The fourth-order valence-corrected chi connectivity index (χ4v) is 4.79. The van der Waals surface area contributed by atoms with E-state index in [0.29, 0.717) is 27.8 Å². The maximum absolute atomic E-state index is 12.8. The minimum atomic E-state index is -0.743. The standard InChI is InChI=1S/C25H22BrCl2NO5/c1-31-18-9-7-15(8-10-18)14-32-25-21(29-24(30)16-5-3-2-4-6-16)13-22(34-25)33-23-19(27)11-17(26)12-20(23)28/h2-12,21-22,25H,13-14H2,1H3,(H,29,30)/t21-,22-,25-/m0/s1. The van der Waals surface area contributed by atoms with Crippen LogP contribution in [0.15, 0.2) is 71.2 Å². The molecule has 3 atom stereocenters. The summed E-state index contributed by atoms with van der Waals surface area (Å²) in [4.78, 5) is 12.8. The Morgan fingerprint density at radius 3 is 2.41 bits per heavy atom. The molecule has 0 aromatic heterocycles. The van der Waals surface area contributed by atoms with Gasteiger partial charge in [-0.15, -0.1) is 0 Å². The average molecular weight is 567 g/mol. The van der Waals surface area contributed by atoms with Gasteiger partial charge in [0, 0.05) is 16.5 Å². The number of halogens is 3. The van der Waals surface area contributed by atoms with Crippen molar-refractivity contribution in [2.75, 3.05) is 7.11 Å². The van der Waals surface area contributed by atoms with E-state index in [2.05, 4.69) is 21.2 Å². The van der Waals surface area contributed by atoms with Crippen molar-refractivity contribution in [3.05, 3.63) is 92.4 Å². The third-order valence-corrected chi connectivity index (χ3v) is 6.22. The van der Waals surface area contributed by atoms with Gasteiger partial charge in [-0.3, -0.25) is 4.79 Å². The van der Waals surface area contributed by atoms with Crippen molar-refractivity contribution in [2.45, 2.75) is 31.6 Å². The van der Waals surface area contributed by atoms with Crippen molar-refractivity contribution < 1.29 is 23.7 Å². The first-order chi connectivity index (χ1) is 16.4. The lowest BCUT2D eigenvalue weighted by Gasteiger charge is -2.20. The highest BCUT2D eigenvalue weighted by Gasteiger charge is 2.39. The normalized spacial score (nSPS) is 19.6. The van der Waals surface area contributed by atoms with Gasteiger partial charge in [-0.2, -0.15) is 0 Å². The molecule has 9 heteroatoms. The van der Waals surface area contributed by atoms with Crippen LogP contribution in [-0.2, 0) is 16.1 Å². The summed E-state index contributed by atoms with van der Waals surface area (Å²) < 4.78 is 23.9. The van der Waals surface area contributed by atoms with Gasteiger partial charge in [0.15, 0.2) is 12.0 Å². The topological polar surface area (TPSA) is 66.0 Å². The molecule has 4 rings (SSSR count). The van der Waals surface area contributed by atoms with E-state index in [0.717, 1.165) is 15.8 Å². The monoisotopic (exact) mass is 565 g/mol. The Morgan fingerprint density at radius 1 is 1.09 bits per heavy atom. The van der Waals surface area contributed by atoms with Crippen molar-refractivity contribution in [3.8, 4) is 11.5 Å². The van der Waals surface area contributed by atoms with Gasteiger partial charge >= 0.3 is 0 Å². The molecular weight excluding hydrogens is 545 g/mol. The number of benzene rings is 3. The number of nitrogens with one attached hydrogen (secondary N) is 1. The fourth-order valence-electron chi connectivity index (χ4n) is 3.49. The third kappa shape index (κ3) is 6.23. The van der Waals surface area contributed by atoms with E-state index in [9.17, 15) is 4.79 Å². The van der Waals surface area contributed by atoms with Gasteiger partial charge in [0.2, 0.25) is 6.29 Å². The number of methoxy groups -OCH3 is 1. The molecule has 0 unspecified atom stereocenters. The lowest BCUT2D eigenvalue weighted by atomic mass is 10.1. The average Bonchev–Trinajstić information content (AvgIpc) is 3.22. The number of hydrogen-bond donors (Lipinski definition) is 1. The Morgan fingerprint density at radius 2 is 1.76 bits per heavy atom. The van der Waals surface area contributed by atoms with Gasteiger partial charge in [-0.1, -0.05) is 69.5 Å². The molecule has 1 aliphatic heterocycles. The summed E-state index contributed by atoms with van der Waals surface area (Å²) in [5, 5.41) is 3.68. The van der Waals surface area contributed by atoms with E-state index in [1.165, 1.54) is 0 Å². The van der Waals surface area contributed by atoms with E-state index in [-0.39, 0.29) is 12.5 Å². The van der Waals surface area contributed by atoms with Crippen LogP contribution in [0.4, 0.5) is 0 Å². The summed E-state index contributed by atoms with van der Waals surface area (Å²) >= 11 is 16.0. The molecule has 1 heterocycles. The Bertz CT molecular complexity index is 1110. The molecule has 1 amide bonds. The first-order valence-electron chi connectivity index (χ1n) is 10.5. The number of hydrogen-bond acceptors (Lipinski definition) is 5. The number of ether oxygens (including phenoxy) is 4. The summed E-state index contributed by atoms with van der Waals surface area (Å²) in [5.74, 6) is 0.832. The molecule has 1 aliphatic rings. The van der Waals surface area contributed by atoms with Crippen molar-refractivity contribution in [1.29, 1.82) is 0 Å². The first kappa shape index (κ1) is 24.8. The van der Waals surface area contributed by atoms with Gasteiger partial charge in [-0.25, -0.2) is 0 Å². The highest BCUT2D eigenvalue weighted by molar-refractivity contribution is 9.10. The molecule has 1 fully saturated rings. The molecule has 0 bridgehead atoms. The summed E-state index contributed by atoms with van der Waals surface area (Å²) in [6.07, 6.45) is -1.12. The van der Waals surface area contributed by atoms with E-state index < -0.39 is 18.6 Å². The predicted molar refractivity (Wildman–Crippen MR) is 134 cm³/mol. The number of carbonyl (C=O) groups excluding carboxylic acids is 1. The molecule has 34 heavy (non-hydrogen) atoms. The van der Waals surface area contributed by atoms with Crippen LogP contribution in [0.25, 0.3) is 0 Å². The van der Waals surface area contributed by atoms with Crippen LogP contribution >= 0.6 is 39.1 Å². The molecule has 178 valence electrons. The van der Waals surface area contributed by atoms with Crippen LogP contribution in [0.1, 0.15) is 22.3 Å². The Hall–Kier alpha value is -2.29. The summed E-state index contributed by atoms with van der Waals surface area (Å²) in [7, 11) is 1.61. The quantitative estimate of drug-likeness (QED) is 0.350. The molecule has 0 spiro atoms. The minimum absolute atomic E-state index is 0.229. The lowest BCUT2D eigenvalue weighted by Crippen LogP contribution is -2.41. The largest absolute Gasteiger partial charge is 0.497 e. The maximum Gasteiger partial charge on any atom is 0.251 e. The fraction of sp³-hybridized carbons (Fsp3) is 0.240. The van der Waals surface area contributed by atoms with Gasteiger partial charge in [0.05, 0.1) is 29.8 Å². The number of amides is 1. The van der Waals surface area contributed by atoms with Crippen molar-refractivity contribution >= 4 is 45.0 Å². The van der Waals surface area contributed by atoms with Crippen molar-refractivity contribution in [2.24, 2.45) is 0 Å². The van der Waals surface area contributed by atoms with Crippen LogP contribution in [0.3, 0.4) is 0 Å². The number of rotatable bonds is 8. The van der Waals surface area contributed by atoms with Crippen molar-refractivity contribution in [1.82, 2.24) is 5.32 Å². The summed E-state index contributed by atoms with van der Waals surface area (Å²) in [6, 6.07) is 19.4. The SMILES string of the molecule is COc1ccc(CO[C@H]2O[C@H](Oc3c(Cl)cc(Br)cc3Cl)C[C@@H]2NC(=O)c2ccccc2)cc1. The summed E-state index contributed by atoms with van der Waals surface area (Å²) in [5.41, 5.74) is 1.47. The second-order valence-electron chi connectivity index (χ2n) is 7.59. The van der Waals surface area contributed by atoms with E-state index >= 15 is 0 Å². The first-order valence-corrected chi connectivity index (χ1v) is 12.0. The highest BCUT2D eigenvalue weighted by atomic mass is 79.9. The number of carbonyl (C=O) groups is 1. The third-order valence-electron chi connectivity index (χ3n) is 5.20. The zero-order valence-electron chi connectivity index (χ0n) is 18.2. The zero-order chi connectivity index (χ0) is 24.1. The van der Waals surface area contributed by atoms with Gasteiger partial charge in [0.25, 0.3) is 5.91 Å². The Kier molecular flexibility index (Phi) is 8.34. The second kappa shape index (κ2) is 11.4. The smallest absolute Gasteiger partial charge is 0.251 e. The second-order valence-corrected chi connectivity index (χ2v) is 9.32. The molecular formula is C25H22BrCl2NO5. The van der Waals surface area contributed by atoms with Crippen LogP contribution < -0.4 is 14.8 Å². The lowest BCUT2D eigenvalue weighted by molar-refractivity contribution is -0.186. The van der Waals surface area contributed by atoms with Gasteiger partial charge in [-0.05, 0) is 42.0 Å². The molecule has 0 aliphatic carbocycles. The molecule has 3 aromatic carbocycles. The van der Waals surface area contributed by atoms with Crippen molar-refractivity contribution in [3.63, 3.8) is 0 Å². The molecule has 1 N–H and O–H groups in total. The Balaban J connectivity index is 1.47. The van der Waals surface area contributed by atoms with Crippen LogP contribution in [0.5, 0.6) is 11.5 Å². The van der Waals surface area contributed by atoms with Gasteiger partial charge in [0.1, 0.15) is 5.75 Å². The molecule has 1 saturated heterocycles. The van der Waals surface area contributed by atoms with E-state index in [4.69, 9.17) is 42.1 Å². The molecule has 6 nitrogen and oxygen atoms in total. The van der Waals surface area contributed by atoms with Crippen LogP contribution in [0, 0.1) is 0 Å². The minimum Gasteiger partial charge on any atom is -0.497 e. The Labute approximate surface area is 216 Å². The predicted octanol–water partition coefficient (Wildman–Crippen LogP) is 6.23. The van der Waals surface area contributed by atoms with Crippen LogP contribution in [0.2, 0.25) is 10.0 Å². The highest BCUT2D eigenvalue weighted by Crippen LogP contribution is 2.38. The van der Waals surface area contributed by atoms with Crippen LogP contribution in [-0.4, -0.2) is 31.6 Å². The maximum atomic E-state index is 12.8. The van der Waals surface area contributed by atoms with E-state index in [1.54, 1.807) is 43.5 Å². The molecule has 0 radical (unpaired) electrons. The summed E-state index contributed by atoms with van der Waals surface area (Å²) in [6.45, 7) is 0.277. The molecule has 3 aromatic rings. The molecule has 0 saturated carbocycles. The van der Waals surface area contributed by atoms with E-state index in [1.807, 2.05) is 30.3 Å². The van der Waals surface area contributed by atoms with Gasteiger partial charge < -0.3 is 24.3 Å². The zero-order valence-corrected chi connectivity index (χ0v) is 21.3.